The normalized spacial score (nSPS) is 41.3. The smallest absolute Gasteiger partial charge is 0.0693 e. The number of hydrogen-bond donors (Lipinski definition) is 0. The predicted octanol–water partition coefficient (Wildman–Crippen LogP) is 8.51. The second-order valence-corrected chi connectivity index (χ2v) is 11.5. The van der Waals surface area contributed by atoms with Crippen molar-refractivity contribution in [3.63, 3.8) is 0 Å². The highest BCUT2D eigenvalue weighted by molar-refractivity contribution is 6.45. The van der Waals surface area contributed by atoms with E-state index >= 15 is 0 Å². The predicted molar refractivity (Wildman–Crippen MR) is 128 cm³/mol. The highest BCUT2D eigenvalue weighted by Gasteiger charge is 2.46. The van der Waals surface area contributed by atoms with E-state index in [9.17, 15) is 0 Å². The van der Waals surface area contributed by atoms with Gasteiger partial charge in [0.25, 0.3) is 0 Å². The van der Waals surface area contributed by atoms with Gasteiger partial charge in [-0.2, -0.15) is 0 Å². The summed E-state index contributed by atoms with van der Waals surface area (Å²) < 4.78 is 0. The number of halogens is 6. The van der Waals surface area contributed by atoms with Gasteiger partial charge in [0.05, 0.1) is 32.3 Å². The lowest BCUT2D eigenvalue weighted by molar-refractivity contribution is 0.197. The Balaban J connectivity index is 0.000000209. The molecule has 0 amide bonds. The first-order valence-electron chi connectivity index (χ1n) is 10.0. The van der Waals surface area contributed by atoms with E-state index in [-0.39, 0.29) is 0 Å². The van der Waals surface area contributed by atoms with Gasteiger partial charge >= 0.3 is 0 Å². The van der Waals surface area contributed by atoms with Crippen LogP contribution in [0, 0.1) is 17.8 Å². The first-order valence-corrected chi connectivity index (χ1v) is 12.7. The summed E-state index contributed by atoms with van der Waals surface area (Å²) in [4.78, 5) is 0. The quantitative estimate of drug-likeness (QED) is 0.352. The van der Waals surface area contributed by atoms with Gasteiger partial charge < -0.3 is 0 Å². The standard InChI is InChI=1S/C16H24.C6H6Cl6/c1-12(2)15-10-9-13(3)11-16(15)14-7-5-4-6-8-14;7-1-2(8)4(10)6(12)5(11)3(1)9/h4-8,12-13,15-16H,9-11H2,1-3H3;1-6H. The summed E-state index contributed by atoms with van der Waals surface area (Å²) in [6.45, 7) is 7.18. The topological polar surface area (TPSA) is 0 Å². The van der Waals surface area contributed by atoms with E-state index in [0.29, 0.717) is 0 Å². The fourth-order valence-corrected chi connectivity index (χ4v) is 6.67. The van der Waals surface area contributed by atoms with Crippen LogP contribution < -0.4 is 0 Å². The summed E-state index contributed by atoms with van der Waals surface area (Å²) in [7, 11) is 0. The Morgan fingerprint density at radius 3 is 1.54 bits per heavy atom. The van der Waals surface area contributed by atoms with E-state index in [4.69, 9.17) is 69.6 Å². The minimum absolute atomic E-state index is 0.437. The van der Waals surface area contributed by atoms with Crippen molar-refractivity contribution in [3.05, 3.63) is 35.9 Å². The van der Waals surface area contributed by atoms with Crippen LogP contribution in [0.25, 0.3) is 0 Å². The van der Waals surface area contributed by atoms with Crippen molar-refractivity contribution in [2.75, 3.05) is 0 Å². The van der Waals surface area contributed by atoms with Crippen LogP contribution in [0.15, 0.2) is 30.3 Å². The zero-order chi connectivity index (χ0) is 21.0. The molecule has 6 heteroatoms. The Morgan fingerprint density at radius 2 is 1.14 bits per heavy atom. The minimum atomic E-state index is -0.437. The summed E-state index contributed by atoms with van der Waals surface area (Å²) in [5, 5.41) is -2.62. The third-order valence-corrected chi connectivity index (χ3v) is 10.1. The highest BCUT2D eigenvalue weighted by atomic mass is 35.5. The molecule has 1 aromatic carbocycles. The first-order chi connectivity index (χ1) is 13.1. The highest BCUT2D eigenvalue weighted by Crippen LogP contribution is 2.43. The summed E-state index contributed by atoms with van der Waals surface area (Å²) in [5.74, 6) is 3.40. The van der Waals surface area contributed by atoms with Gasteiger partial charge in [0.1, 0.15) is 0 Å². The van der Waals surface area contributed by atoms with Gasteiger partial charge in [0.2, 0.25) is 0 Å². The monoisotopic (exact) mass is 504 g/mol. The minimum Gasteiger partial charge on any atom is -0.120 e. The van der Waals surface area contributed by atoms with Crippen molar-refractivity contribution in [3.8, 4) is 0 Å². The van der Waals surface area contributed by atoms with Crippen molar-refractivity contribution >= 4 is 69.6 Å². The average molecular weight is 507 g/mol. The number of hydrogen-bond acceptors (Lipinski definition) is 0. The molecule has 28 heavy (non-hydrogen) atoms. The maximum Gasteiger partial charge on any atom is 0.0693 e. The third kappa shape index (κ3) is 6.24. The van der Waals surface area contributed by atoms with Crippen molar-refractivity contribution in [2.45, 2.75) is 78.2 Å². The molecule has 1 aromatic rings. The average Bonchev–Trinajstić information content (AvgIpc) is 2.70. The fraction of sp³-hybridized carbons (Fsp3) is 0.727. The van der Waals surface area contributed by atoms with Crippen LogP contribution in [0.1, 0.15) is 51.5 Å². The van der Waals surface area contributed by atoms with Gasteiger partial charge in [-0.1, -0.05) is 57.5 Å². The molecule has 3 unspecified atom stereocenters. The van der Waals surface area contributed by atoms with E-state index in [2.05, 4.69) is 51.1 Å². The molecule has 2 aliphatic rings. The lowest BCUT2D eigenvalue weighted by atomic mass is 9.68. The Labute approximate surface area is 200 Å². The van der Waals surface area contributed by atoms with Gasteiger partial charge in [0, 0.05) is 0 Å². The lowest BCUT2D eigenvalue weighted by Crippen LogP contribution is -2.52. The molecule has 0 nitrogen and oxygen atoms in total. The largest absolute Gasteiger partial charge is 0.120 e. The van der Waals surface area contributed by atoms with Crippen molar-refractivity contribution in [1.82, 2.24) is 0 Å². The summed E-state index contributed by atoms with van der Waals surface area (Å²) in [6.07, 6.45) is 4.22. The van der Waals surface area contributed by atoms with Crippen molar-refractivity contribution in [2.24, 2.45) is 17.8 Å². The second-order valence-electron chi connectivity index (χ2n) is 8.51. The van der Waals surface area contributed by atoms with Gasteiger partial charge in [-0.05, 0) is 42.1 Å². The van der Waals surface area contributed by atoms with Gasteiger partial charge in [-0.25, -0.2) is 0 Å². The van der Waals surface area contributed by atoms with E-state index in [0.717, 1.165) is 23.7 Å². The summed E-state index contributed by atoms with van der Waals surface area (Å²) in [5.41, 5.74) is 1.56. The molecule has 2 saturated carbocycles. The molecule has 3 atom stereocenters. The zero-order valence-electron chi connectivity index (χ0n) is 16.5. The molecule has 0 aromatic heterocycles. The van der Waals surface area contributed by atoms with Gasteiger partial charge in [0.15, 0.2) is 0 Å². The van der Waals surface area contributed by atoms with Crippen molar-refractivity contribution in [1.29, 1.82) is 0 Å². The van der Waals surface area contributed by atoms with E-state index in [1.807, 2.05) is 0 Å². The SMILES string of the molecule is CC1CCC(C(C)C)C(c2ccccc2)C1.ClC1C(Cl)C(Cl)C(Cl)C(Cl)C1Cl. The Hall–Kier alpha value is 0.960. The molecule has 0 spiro atoms. The van der Waals surface area contributed by atoms with E-state index in [1.165, 1.54) is 19.3 Å². The molecule has 3 rings (SSSR count). The van der Waals surface area contributed by atoms with Crippen LogP contribution in [-0.4, -0.2) is 32.3 Å². The van der Waals surface area contributed by atoms with Crippen LogP contribution >= 0.6 is 69.6 Å². The Kier molecular flexibility index (Phi) is 10.4. The van der Waals surface area contributed by atoms with Gasteiger partial charge in [-0.15, -0.1) is 69.6 Å². The number of alkyl halides is 6. The molecule has 2 fully saturated rings. The molecule has 0 radical (unpaired) electrons. The fourth-order valence-electron chi connectivity index (χ4n) is 4.34. The molecular weight excluding hydrogens is 477 g/mol. The van der Waals surface area contributed by atoms with E-state index < -0.39 is 32.3 Å². The number of benzene rings is 1. The third-order valence-electron chi connectivity index (χ3n) is 6.08. The van der Waals surface area contributed by atoms with Crippen LogP contribution in [-0.2, 0) is 0 Å². The van der Waals surface area contributed by atoms with Crippen LogP contribution in [0.5, 0.6) is 0 Å². The molecule has 0 bridgehead atoms. The summed E-state index contributed by atoms with van der Waals surface area (Å²) >= 11 is 35.3. The maximum atomic E-state index is 5.88. The second kappa shape index (κ2) is 11.5. The molecule has 0 aliphatic heterocycles. The Morgan fingerprint density at radius 1 is 0.714 bits per heavy atom. The zero-order valence-corrected chi connectivity index (χ0v) is 21.1. The van der Waals surface area contributed by atoms with E-state index in [1.54, 1.807) is 5.56 Å². The molecule has 0 N–H and O–H groups in total. The first kappa shape index (κ1) is 25.2. The number of rotatable bonds is 2. The molecule has 2 aliphatic carbocycles. The molecule has 160 valence electrons. The molecule has 0 heterocycles. The van der Waals surface area contributed by atoms with Crippen molar-refractivity contribution < 1.29 is 0 Å². The van der Waals surface area contributed by atoms with Crippen LogP contribution in [0.4, 0.5) is 0 Å². The molecular formula is C22H30Cl6. The van der Waals surface area contributed by atoms with Crippen LogP contribution in [0.2, 0.25) is 0 Å². The Bertz CT molecular complexity index is 521. The molecule has 0 saturated heterocycles. The summed E-state index contributed by atoms with van der Waals surface area (Å²) in [6, 6.07) is 11.1. The lowest BCUT2D eigenvalue weighted by Gasteiger charge is -2.37. The maximum absolute atomic E-state index is 5.88. The van der Waals surface area contributed by atoms with Crippen LogP contribution in [0.3, 0.4) is 0 Å². The van der Waals surface area contributed by atoms with Gasteiger partial charge in [-0.3, -0.25) is 0 Å².